The normalized spacial score (nSPS) is 14.4. The van der Waals surface area contributed by atoms with Gasteiger partial charge in [0, 0.05) is 0 Å². The molecule has 13 heteroatoms. The van der Waals surface area contributed by atoms with Crippen molar-refractivity contribution in [2.24, 2.45) is 0 Å². The maximum Gasteiger partial charge on any atom is 0.294 e. The number of nitrogens with zero attached hydrogens (tertiary/aromatic N) is 1. The van der Waals surface area contributed by atoms with Gasteiger partial charge in [-0.2, -0.15) is 0 Å². The number of benzene rings is 3. The predicted octanol–water partition coefficient (Wildman–Crippen LogP) is 7.02. The predicted molar refractivity (Wildman–Crippen MR) is 140 cm³/mol. The van der Waals surface area contributed by atoms with E-state index in [9.17, 15) is 31.9 Å². The van der Waals surface area contributed by atoms with Gasteiger partial charge in [-0.3, -0.25) is 19.3 Å². The van der Waals surface area contributed by atoms with E-state index in [2.05, 4.69) is 31.9 Å². The standard InChI is InChI=1S/C25H14Br2F4N2O4S/c26-15-7-13(8-16(27)23(15)37-11-12-1-3-14(28)4-2-12)9-19-24(35)33(25(36)38-19)10-20(34)32-18-6-5-17(29)21(30)22(18)31/h1-9H,10-11H2,(H,32,34)/b19-9+. The van der Waals surface area contributed by atoms with Crippen molar-refractivity contribution in [1.82, 2.24) is 4.90 Å². The Morgan fingerprint density at radius 3 is 2.29 bits per heavy atom. The molecule has 1 fully saturated rings. The zero-order valence-electron chi connectivity index (χ0n) is 18.9. The van der Waals surface area contributed by atoms with Crippen molar-refractivity contribution < 1.29 is 36.7 Å². The molecule has 38 heavy (non-hydrogen) atoms. The smallest absolute Gasteiger partial charge is 0.294 e. The summed E-state index contributed by atoms with van der Waals surface area (Å²) in [5.41, 5.74) is 0.642. The maximum atomic E-state index is 13.8. The first-order chi connectivity index (χ1) is 18.0. The van der Waals surface area contributed by atoms with Gasteiger partial charge in [0.25, 0.3) is 11.1 Å². The van der Waals surface area contributed by atoms with Gasteiger partial charge in [0.1, 0.15) is 24.7 Å². The average molecular weight is 674 g/mol. The summed E-state index contributed by atoms with van der Waals surface area (Å²) in [5.74, 6) is -6.43. The number of thioether (sulfide) groups is 1. The Hall–Kier alpha value is -3.16. The Labute approximate surface area is 234 Å². The lowest BCUT2D eigenvalue weighted by molar-refractivity contribution is -0.127. The van der Waals surface area contributed by atoms with E-state index >= 15 is 0 Å². The molecule has 1 saturated heterocycles. The molecular weight excluding hydrogens is 660 g/mol. The van der Waals surface area contributed by atoms with Gasteiger partial charge in [0.2, 0.25) is 5.91 Å². The second-order valence-corrected chi connectivity index (χ2v) is 10.5. The van der Waals surface area contributed by atoms with E-state index in [0.717, 1.165) is 11.6 Å². The molecule has 196 valence electrons. The lowest BCUT2D eigenvalue weighted by atomic mass is 10.2. The average Bonchev–Trinajstić information content (AvgIpc) is 3.12. The highest BCUT2D eigenvalue weighted by molar-refractivity contribution is 9.11. The van der Waals surface area contributed by atoms with Gasteiger partial charge in [0.05, 0.1) is 19.5 Å². The van der Waals surface area contributed by atoms with Crippen LogP contribution in [0.25, 0.3) is 6.08 Å². The number of nitrogens with one attached hydrogen (secondary N) is 1. The van der Waals surface area contributed by atoms with Crippen LogP contribution in [0.5, 0.6) is 5.75 Å². The fourth-order valence-electron chi connectivity index (χ4n) is 3.28. The van der Waals surface area contributed by atoms with Gasteiger partial charge < -0.3 is 10.1 Å². The first-order valence-electron chi connectivity index (χ1n) is 10.6. The summed E-state index contributed by atoms with van der Waals surface area (Å²) in [6, 6.07) is 10.6. The number of amides is 3. The lowest BCUT2D eigenvalue weighted by Crippen LogP contribution is -2.36. The first kappa shape index (κ1) is 27.9. The molecule has 0 aliphatic carbocycles. The topological polar surface area (TPSA) is 75.7 Å². The van der Waals surface area contributed by atoms with Gasteiger partial charge in [-0.05, 0) is 97.2 Å². The Kier molecular flexibility index (Phi) is 8.58. The Morgan fingerprint density at radius 1 is 0.974 bits per heavy atom. The van der Waals surface area contributed by atoms with E-state index in [1.54, 1.807) is 24.3 Å². The molecule has 3 amide bonds. The molecule has 0 radical (unpaired) electrons. The van der Waals surface area contributed by atoms with Crippen LogP contribution >= 0.6 is 43.6 Å². The van der Waals surface area contributed by atoms with Gasteiger partial charge in [0.15, 0.2) is 17.5 Å². The number of hydrogen-bond donors (Lipinski definition) is 1. The highest BCUT2D eigenvalue weighted by atomic mass is 79.9. The zero-order chi connectivity index (χ0) is 27.6. The van der Waals surface area contributed by atoms with E-state index in [1.807, 2.05) is 5.32 Å². The van der Waals surface area contributed by atoms with Gasteiger partial charge in [-0.1, -0.05) is 12.1 Å². The summed E-state index contributed by atoms with van der Waals surface area (Å²) < 4.78 is 60.2. The van der Waals surface area contributed by atoms with Crippen LogP contribution in [0, 0.1) is 23.3 Å². The summed E-state index contributed by atoms with van der Waals surface area (Å²) in [6.45, 7) is -0.587. The molecule has 0 saturated carbocycles. The largest absolute Gasteiger partial charge is 0.487 e. The Morgan fingerprint density at radius 2 is 1.63 bits per heavy atom. The van der Waals surface area contributed by atoms with E-state index in [4.69, 9.17) is 4.74 Å². The van der Waals surface area contributed by atoms with Crippen molar-refractivity contribution in [3.63, 3.8) is 0 Å². The number of ether oxygens (including phenoxy) is 1. The second kappa shape index (κ2) is 11.7. The van der Waals surface area contributed by atoms with Crippen LogP contribution in [0.1, 0.15) is 11.1 Å². The quantitative estimate of drug-likeness (QED) is 0.166. The number of rotatable bonds is 7. The van der Waals surface area contributed by atoms with E-state index < -0.39 is 46.7 Å². The number of carbonyl (C=O) groups is 3. The van der Waals surface area contributed by atoms with Crippen LogP contribution in [0.3, 0.4) is 0 Å². The van der Waals surface area contributed by atoms with Crippen LogP contribution in [0.2, 0.25) is 0 Å². The first-order valence-corrected chi connectivity index (χ1v) is 13.0. The highest BCUT2D eigenvalue weighted by Gasteiger charge is 2.36. The molecule has 3 aromatic carbocycles. The lowest BCUT2D eigenvalue weighted by Gasteiger charge is -2.13. The van der Waals surface area contributed by atoms with Crippen LogP contribution in [-0.2, 0) is 16.2 Å². The second-order valence-electron chi connectivity index (χ2n) is 7.77. The van der Waals surface area contributed by atoms with E-state index in [0.29, 0.717) is 43.0 Å². The van der Waals surface area contributed by atoms with Crippen molar-refractivity contribution in [3.05, 3.63) is 96.8 Å². The van der Waals surface area contributed by atoms with Gasteiger partial charge >= 0.3 is 0 Å². The minimum atomic E-state index is -1.76. The summed E-state index contributed by atoms with van der Waals surface area (Å²) in [5, 5.41) is 1.28. The third kappa shape index (κ3) is 6.27. The van der Waals surface area contributed by atoms with Crippen LogP contribution in [0.15, 0.2) is 62.4 Å². The van der Waals surface area contributed by atoms with Crippen molar-refractivity contribution >= 4 is 72.4 Å². The highest BCUT2D eigenvalue weighted by Crippen LogP contribution is 2.38. The Bertz CT molecular complexity index is 1460. The minimum Gasteiger partial charge on any atom is -0.487 e. The van der Waals surface area contributed by atoms with Crippen molar-refractivity contribution in [1.29, 1.82) is 0 Å². The summed E-state index contributed by atoms with van der Waals surface area (Å²) in [7, 11) is 0. The molecule has 0 atom stereocenters. The van der Waals surface area contributed by atoms with Gasteiger partial charge in [-0.15, -0.1) is 0 Å². The number of imide groups is 1. The number of halogens is 6. The van der Waals surface area contributed by atoms with Gasteiger partial charge in [-0.25, -0.2) is 17.6 Å². The summed E-state index contributed by atoms with van der Waals surface area (Å²) in [6.07, 6.45) is 1.44. The fraction of sp³-hybridized carbons (Fsp3) is 0.0800. The number of carbonyl (C=O) groups excluding carboxylic acids is 3. The summed E-state index contributed by atoms with van der Waals surface area (Å²) in [4.78, 5) is 38.1. The molecule has 0 spiro atoms. The zero-order valence-corrected chi connectivity index (χ0v) is 22.9. The maximum absolute atomic E-state index is 13.8. The molecule has 1 aliphatic heterocycles. The third-order valence-electron chi connectivity index (χ3n) is 5.10. The minimum absolute atomic E-state index is 0.0283. The molecule has 0 unspecified atom stereocenters. The molecular formula is C25H14Br2F4N2O4S. The van der Waals surface area contributed by atoms with Crippen LogP contribution in [0.4, 0.5) is 28.0 Å². The SMILES string of the molecule is O=C(CN1C(=O)S/C(=C/c2cc(Br)c(OCc3ccc(F)cc3)c(Br)c2)C1=O)Nc1ccc(F)c(F)c1F. The van der Waals surface area contributed by atoms with E-state index in [1.165, 1.54) is 18.2 Å². The molecule has 3 aromatic rings. The molecule has 4 rings (SSSR count). The molecule has 0 aromatic heterocycles. The number of hydrogen-bond acceptors (Lipinski definition) is 5. The molecule has 6 nitrogen and oxygen atoms in total. The molecule has 1 aliphatic rings. The molecule has 1 heterocycles. The Balaban J connectivity index is 1.44. The van der Waals surface area contributed by atoms with Crippen molar-refractivity contribution in [2.45, 2.75) is 6.61 Å². The van der Waals surface area contributed by atoms with E-state index in [-0.39, 0.29) is 17.3 Å². The fourth-order valence-corrected chi connectivity index (χ4v) is 5.57. The summed E-state index contributed by atoms with van der Waals surface area (Å²) >= 11 is 7.41. The van der Waals surface area contributed by atoms with Crippen LogP contribution in [-0.4, -0.2) is 28.5 Å². The van der Waals surface area contributed by atoms with Crippen LogP contribution < -0.4 is 10.1 Å². The number of anilines is 1. The molecule has 1 N–H and O–H groups in total. The van der Waals surface area contributed by atoms with Crippen molar-refractivity contribution in [3.8, 4) is 5.75 Å². The van der Waals surface area contributed by atoms with Crippen molar-refractivity contribution in [2.75, 3.05) is 11.9 Å². The monoisotopic (exact) mass is 672 g/mol. The molecule has 0 bridgehead atoms. The third-order valence-corrected chi connectivity index (χ3v) is 7.18.